The molecule has 0 spiro atoms. The number of anilines is 1. The molecule has 0 atom stereocenters. The van der Waals surface area contributed by atoms with Crippen LogP contribution in [0.5, 0.6) is 11.5 Å². The number of piperidine rings is 1. The lowest BCUT2D eigenvalue weighted by atomic mass is 9.88. The molecule has 1 aromatic heterocycles. The highest BCUT2D eigenvalue weighted by atomic mass is 32.1. The first-order chi connectivity index (χ1) is 14.1. The molecule has 29 heavy (non-hydrogen) atoms. The number of hydrogen-bond donors (Lipinski definition) is 1. The molecule has 2 aromatic rings. The van der Waals surface area contributed by atoms with Crippen LogP contribution < -0.4 is 14.8 Å². The minimum Gasteiger partial charge on any atom is -0.486 e. The van der Waals surface area contributed by atoms with Gasteiger partial charge in [0.25, 0.3) is 0 Å². The number of rotatable bonds is 5. The maximum absolute atomic E-state index is 12.9. The van der Waals surface area contributed by atoms with Crippen molar-refractivity contribution in [2.75, 3.05) is 38.2 Å². The minimum absolute atomic E-state index is 0.0562. The molecule has 0 bridgehead atoms. The molecule has 0 radical (unpaired) electrons. The fraction of sp³-hybridized carbons (Fsp3) is 0.381. The molecule has 4 rings (SSSR count). The summed E-state index contributed by atoms with van der Waals surface area (Å²) >= 11 is 1.34. The van der Waals surface area contributed by atoms with Gasteiger partial charge in [-0.1, -0.05) is 0 Å². The number of amides is 1. The van der Waals surface area contributed by atoms with E-state index < -0.39 is 0 Å². The van der Waals surface area contributed by atoms with Crippen LogP contribution in [0, 0.1) is 17.2 Å². The molecular formula is C21H21N3O4S. The van der Waals surface area contributed by atoms with Crippen molar-refractivity contribution in [2.24, 2.45) is 5.92 Å². The van der Waals surface area contributed by atoms with Gasteiger partial charge in [0, 0.05) is 11.5 Å². The van der Waals surface area contributed by atoms with E-state index in [1.807, 2.05) is 4.90 Å². The van der Waals surface area contributed by atoms with Gasteiger partial charge >= 0.3 is 0 Å². The van der Waals surface area contributed by atoms with Gasteiger partial charge in [0.05, 0.1) is 12.1 Å². The first kappa shape index (κ1) is 19.4. The Hall–Kier alpha value is -2.89. The van der Waals surface area contributed by atoms with Gasteiger partial charge in [-0.3, -0.25) is 14.5 Å². The molecular weight excluding hydrogens is 390 g/mol. The van der Waals surface area contributed by atoms with Crippen molar-refractivity contribution in [1.29, 1.82) is 5.26 Å². The van der Waals surface area contributed by atoms with Crippen LogP contribution in [0.15, 0.2) is 29.6 Å². The Morgan fingerprint density at radius 2 is 1.93 bits per heavy atom. The van der Waals surface area contributed by atoms with Crippen LogP contribution in [0.3, 0.4) is 0 Å². The number of carbonyl (C=O) groups excluding carboxylic acids is 2. The van der Waals surface area contributed by atoms with Crippen LogP contribution in [0.2, 0.25) is 0 Å². The lowest BCUT2D eigenvalue weighted by Crippen LogP contribution is -2.40. The number of likely N-dealkylation sites (tertiary alicyclic amines) is 1. The number of Topliss-reactive ketones (excluding diaryl/α,β-unsaturated/α-hetero) is 1. The van der Waals surface area contributed by atoms with Gasteiger partial charge in [-0.25, -0.2) is 0 Å². The second-order valence-electron chi connectivity index (χ2n) is 7.10. The van der Waals surface area contributed by atoms with Crippen molar-refractivity contribution in [3.05, 3.63) is 40.8 Å². The minimum atomic E-state index is -0.138. The third kappa shape index (κ3) is 4.42. The summed E-state index contributed by atoms with van der Waals surface area (Å²) in [6.07, 6.45) is 1.42. The number of hydrogen-bond acceptors (Lipinski definition) is 7. The Balaban J connectivity index is 1.29. The number of nitrogens with one attached hydrogen (secondary N) is 1. The second-order valence-corrected chi connectivity index (χ2v) is 8.01. The van der Waals surface area contributed by atoms with Gasteiger partial charge in [0.15, 0.2) is 17.3 Å². The normalized spacial score (nSPS) is 16.8. The zero-order valence-corrected chi connectivity index (χ0v) is 16.7. The Labute approximate surface area is 172 Å². The molecule has 150 valence electrons. The summed E-state index contributed by atoms with van der Waals surface area (Å²) in [5, 5.41) is 14.2. The predicted molar refractivity (Wildman–Crippen MR) is 109 cm³/mol. The van der Waals surface area contributed by atoms with E-state index in [0.717, 1.165) is 0 Å². The smallest absolute Gasteiger partial charge is 0.239 e. The topological polar surface area (TPSA) is 91.7 Å². The number of ketones is 1. The van der Waals surface area contributed by atoms with Crippen molar-refractivity contribution in [1.82, 2.24) is 4.90 Å². The highest BCUT2D eigenvalue weighted by molar-refractivity contribution is 7.14. The van der Waals surface area contributed by atoms with Crippen molar-refractivity contribution >= 4 is 28.0 Å². The molecule has 2 aliphatic heterocycles. The summed E-state index contributed by atoms with van der Waals surface area (Å²) in [7, 11) is 0. The number of thiophene rings is 1. The van der Waals surface area contributed by atoms with Gasteiger partial charge in [0.2, 0.25) is 5.91 Å². The first-order valence-corrected chi connectivity index (χ1v) is 10.5. The SMILES string of the molecule is N#Cc1ccsc1NC(=O)CN1CCC(C(=O)c2ccc3c(c2)OCCO3)CC1. The van der Waals surface area contributed by atoms with Crippen molar-refractivity contribution in [3.8, 4) is 17.6 Å². The summed E-state index contributed by atoms with van der Waals surface area (Å²) in [6, 6.07) is 9.11. The van der Waals surface area contributed by atoms with Gasteiger partial charge in [-0.05, 0) is 55.6 Å². The summed E-state index contributed by atoms with van der Waals surface area (Å²) in [4.78, 5) is 27.2. The van der Waals surface area contributed by atoms with E-state index in [2.05, 4.69) is 11.4 Å². The van der Waals surface area contributed by atoms with Gasteiger partial charge in [0.1, 0.15) is 24.3 Å². The Bertz CT molecular complexity index is 957. The first-order valence-electron chi connectivity index (χ1n) is 9.57. The average Bonchev–Trinajstić information content (AvgIpc) is 3.20. The Morgan fingerprint density at radius 1 is 1.17 bits per heavy atom. The van der Waals surface area contributed by atoms with E-state index in [1.54, 1.807) is 29.6 Å². The molecule has 0 aliphatic carbocycles. The van der Waals surface area contributed by atoms with Crippen LogP contribution in [0.4, 0.5) is 5.00 Å². The average molecular weight is 411 g/mol. The van der Waals surface area contributed by atoms with E-state index in [-0.39, 0.29) is 24.2 Å². The van der Waals surface area contributed by atoms with Gasteiger partial charge in [-0.2, -0.15) is 5.26 Å². The second kappa shape index (κ2) is 8.64. The number of benzene rings is 1. The molecule has 0 saturated carbocycles. The Kier molecular flexibility index (Phi) is 5.79. The molecule has 1 fully saturated rings. The monoisotopic (exact) mass is 411 g/mol. The molecule has 1 amide bonds. The van der Waals surface area contributed by atoms with E-state index in [0.29, 0.717) is 66.8 Å². The fourth-order valence-electron chi connectivity index (χ4n) is 3.65. The highest BCUT2D eigenvalue weighted by Crippen LogP contribution is 2.32. The molecule has 1 N–H and O–H groups in total. The van der Waals surface area contributed by atoms with Crippen LogP contribution >= 0.6 is 11.3 Å². The van der Waals surface area contributed by atoms with Crippen LogP contribution in [0.25, 0.3) is 0 Å². The number of carbonyl (C=O) groups is 2. The lowest BCUT2D eigenvalue weighted by Gasteiger charge is -2.30. The van der Waals surface area contributed by atoms with Crippen LogP contribution in [-0.2, 0) is 4.79 Å². The van der Waals surface area contributed by atoms with Crippen molar-refractivity contribution < 1.29 is 19.1 Å². The number of ether oxygens (including phenoxy) is 2. The zero-order chi connectivity index (χ0) is 20.2. The lowest BCUT2D eigenvalue weighted by molar-refractivity contribution is -0.117. The third-order valence-electron chi connectivity index (χ3n) is 5.19. The molecule has 1 saturated heterocycles. The summed E-state index contributed by atoms with van der Waals surface area (Å²) in [5.41, 5.74) is 1.12. The molecule has 0 unspecified atom stereocenters. The highest BCUT2D eigenvalue weighted by Gasteiger charge is 2.27. The van der Waals surface area contributed by atoms with Crippen molar-refractivity contribution in [2.45, 2.75) is 12.8 Å². The third-order valence-corrected chi connectivity index (χ3v) is 6.02. The maximum Gasteiger partial charge on any atom is 0.239 e. The standard InChI is InChI=1S/C21H21N3O4S/c22-12-16-5-10-29-21(16)23-19(25)13-24-6-3-14(4-7-24)20(26)15-1-2-17-18(11-15)28-9-8-27-17/h1-2,5,10-11,14H,3-4,6-9,13H2,(H,23,25). The molecule has 1 aromatic carbocycles. The summed E-state index contributed by atoms with van der Waals surface area (Å²) < 4.78 is 11.1. The Morgan fingerprint density at radius 3 is 2.69 bits per heavy atom. The van der Waals surface area contributed by atoms with Gasteiger partial charge in [-0.15, -0.1) is 11.3 Å². The van der Waals surface area contributed by atoms with E-state index in [1.165, 1.54) is 11.3 Å². The molecule has 3 heterocycles. The van der Waals surface area contributed by atoms with E-state index >= 15 is 0 Å². The van der Waals surface area contributed by atoms with Gasteiger partial charge < -0.3 is 14.8 Å². The quantitative estimate of drug-likeness (QED) is 0.761. The largest absolute Gasteiger partial charge is 0.486 e. The molecule has 2 aliphatic rings. The number of nitrogens with zero attached hydrogens (tertiary/aromatic N) is 2. The zero-order valence-electron chi connectivity index (χ0n) is 15.8. The van der Waals surface area contributed by atoms with Crippen molar-refractivity contribution in [3.63, 3.8) is 0 Å². The fourth-order valence-corrected chi connectivity index (χ4v) is 4.40. The van der Waals surface area contributed by atoms with Crippen LogP contribution in [0.1, 0.15) is 28.8 Å². The maximum atomic E-state index is 12.9. The molecule has 8 heteroatoms. The summed E-state index contributed by atoms with van der Waals surface area (Å²) in [6.45, 7) is 2.64. The van der Waals surface area contributed by atoms with Crippen LogP contribution in [-0.4, -0.2) is 49.4 Å². The summed E-state index contributed by atoms with van der Waals surface area (Å²) in [5.74, 6) is 1.23. The van der Waals surface area contributed by atoms with E-state index in [9.17, 15) is 9.59 Å². The number of nitriles is 1. The predicted octanol–water partition coefficient (Wildman–Crippen LogP) is 2.92. The molecule has 7 nitrogen and oxygen atoms in total. The van der Waals surface area contributed by atoms with E-state index in [4.69, 9.17) is 14.7 Å². The number of fused-ring (bicyclic) bond motifs is 1.